The molecular weight excluding hydrogens is 328 g/mol. The Labute approximate surface area is 156 Å². The summed E-state index contributed by atoms with van der Waals surface area (Å²) in [5.41, 5.74) is 1.33. The van der Waals surface area contributed by atoms with Gasteiger partial charge in [0, 0.05) is 12.5 Å². The molecule has 1 unspecified atom stereocenters. The van der Waals surface area contributed by atoms with Gasteiger partial charge in [-0.2, -0.15) is 0 Å². The predicted octanol–water partition coefficient (Wildman–Crippen LogP) is 2.01. The van der Waals surface area contributed by atoms with E-state index in [1.807, 2.05) is 13.8 Å². The molecule has 144 valence electrons. The maximum atomic E-state index is 12.5. The maximum absolute atomic E-state index is 12.5. The van der Waals surface area contributed by atoms with E-state index in [0.717, 1.165) is 75.9 Å². The minimum Gasteiger partial charge on any atom is -0.444 e. The number of likely N-dealkylation sites (tertiary alicyclic amines) is 1. The first-order valence-electron chi connectivity index (χ1n) is 10.2. The first-order chi connectivity index (χ1) is 12.6. The molecule has 0 aromatic carbocycles. The Morgan fingerprint density at radius 2 is 2.04 bits per heavy atom. The summed E-state index contributed by atoms with van der Waals surface area (Å²) in [5, 5.41) is 6.65. The first-order valence-corrected chi connectivity index (χ1v) is 10.2. The Morgan fingerprint density at radius 1 is 1.31 bits per heavy atom. The summed E-state index contributed by atoms with van der Waals surface area (Å²) >= 11 is 0. The second-order valence-corrected chi connectivity index (χ2v) is 8.58. The molecule has 1 spiro atoms. The van der Waals surface area contributed by atoms with Crippen molar-refractivity contribution in [2.45, 2.75) is 52.5 Å². The zero-order valence-electron chi connectivity index (χ0n) is 16.1. The fourth-order valence-corrected chi connectivity index (χ4v) is 4.71. The van der Waals surface area contributed by atoms with E-state index >= 15 is 0 Å². The molecule has 3 heterocycles. The zero-order valence-corrected chi connectivity index (χ0v) is 16.1. The minimum atomic E-state index is 0.279. The number of piperidine rings is 2. The van der Waals surface area contributed by atoms with E-state index < -0.39 is 0 Å². The number of oxazole rings is 1. The number of hydrogen-bond donors (Lipinski definition) is 2. The van der Waals surface area contributed by atoms with Gasteiger partial charge in [0.2, 0.25) is 11.8 Å². The molecule has 1 atom stereocenters. The van der Waals surface area contributed by atoms with Crippen LogP contribution < -0.4 is 10.6 Å². The summed E-state index contributed by atoms with van der Waals surface area (Å²) in [6.07, 6.45) is 5.72. The highest BCUT2D eigenvalue weighted by atomic mass is 16.4. The SMILES string of the molecule is Cc1nc(CN2CCC(CNC(=O)C3CC34CCNCC4)CC2)oc1C. The van der Waals surface area contributed by atoms with Crippen LogP contribution in [0.3, 0.4) is 0 Å². The van der Waals surface area contributed by atoms with Crippen LogP contribution in [-0.4, -0.2) is 48.5 Å². The summed E-state index contributed by atoms with van der Waals surface area (Å²) in [6.45, 7) is 9.86. The number of carbonyl (C=O) groups is 1. The number of hydrogen-bond acceptors (Lipinski definition) is 5. The first kappa shape index (κ1) is 18.0. The Kier molecular flexibility index (Phi) is 5.06. The van der Waals surface area contributed by atoms with Crippen molar-refractivity contribution in [1.29, 1.82) is 0 Å². The molecule has 3 aliphatic rings. The monoisotopic (exact) mass is 360 g/mol. The van der Waals surface area contributed by atoms with E-state index in [-0.39, 0.29) is 5.92 Å². The largest absolute Gasteiger partial charge is 0.444 e. The number of amides is 1. The van der Waals surface area contributed by atoms with Gasteiger partial charge in [-0.15, -0.1) is 0 Å². The van der Waals surface area contributed by atoms with Gasteiger partial charge in [0.05, 0.1) is 12.2 Å². The van der Waals surface area contributed by atoms with Gasteiger partial charge in [-0.3, -0.25) is 9.69 Å². The second kappa shape index (κ2) is 7.31. The highest BCUT2D eigenvalue weighted by molar-refractivity contribution is 5.82. The lowest BCUT2D eigenvalue weighted by Gasteiger charge is -2.31. The number of rotatable bonds is 5. The van der Waals surface area contributed by atoms with Crippen LogP contribution in [0.5, 0.6) is 0 Å². The minimum absolute atomic E-state index is 0.279. The van der Waals surface area contributed by atoms with Gasteiger partial charge in [0.25, 0.3) is 0 Å². The summed E-state index contributed by atoms with van der Waals surface area (Å²) in [6, 6.07) is 0. The number of nitrogens with one attached hydrogen (secondary N) is 2. The van der Waals surface area contributed by atoms with E-state index in [1.54, 1.807) is 0 Å². The summed E-state index contributed by atoms with van der Waals surface area (Å²) in [7, 11) is 0. The van der Waals surface area contributed by atoms with Crippen molar-refractivity contribution in [2.75, 3.05) is 32.7 Å². The van der Waals surface area contributed by atoms with Crippen molar-refractivity contribution in [3.63, 3.8) is 0 Å². The number of carbonyl (C=O) groups excluding carboxylic acids is 1. The van der Waals surface area contributed by atoms with Gasteiger partial charge in [-0.25, -0.2) is 4.98 Å². The Hall–Kier alpha value is -1.40. The number of aromatic nitrogens is 1. The van der Waals surface area contributed by atoms with Crippen molar-refractivity contribution >= 4 is 5.91 Å². The molecule has 6 heteroatoms. The molecule has 1 aromatic heterocycles. The van der Waals surface area contributed by atoms with Crippen LogP contribution in [0, 0.1) is 31.1 Å². The van der Waals surface area contributed by atoms with Crippen LogP contribution in [0.1, 0.15) is 49.4 Å². The average molecular weight is 361 g/mol. The van der Waals surface area contributed by atoms with E-state index in [1.165, 1.54) is 12.8 Å². The van der Waals surface area contributed by atoms with Crippen molar-refractivity contribution in [1.82, 2.24) is 20.5 Å². The Morgan fingerprint density at radius 3 is 2.69 bits per heavy atom. The fraction of sp³-hybridized carbons (Fsp3) is 0.800. The van der Waals surface area contributed by atoms with E-state index in [9.17, 15) is 4.79 Å². The van der Waals surface area contributed by atoms with E-state index in [4.69, 9.17) is 4.42 Å². The smallest absolute Gasteiger partial charge is 0.223 e. The molecule has 1 saturated carbocycles. The lowest BCUT2D eigenvalue weighted by atomic mass is 9.91. The topological polar surface area (TPSA) is 70.4 Å². The van der Waals surface area contributed by atoms with Crippen molar-refractivity contribution in [3.05, 3.63) is 17.3 Å². The molecule has 0 bridgehead atoms. The quantitative estimate of drug-likeness (QED) is 0.841. The molecule has 2 N–H and O–H groups in total. The fourth-order valence-electron chi connectivity index (χ4n) is 4.71. The third-order valence-electron chi connectivity index (χ3n) is 6.81. The van der Waals surface area contributed by atoms with Crippen LogP contribution in [0.2, 0.25) is 0 Å². The molecule has 2 saturated heterocycles. The summed E-state index contributed by atoms with van der Waals surface area (Å²) in [5.74, 6) is 2.93. The predicted molar refractivity (Wildman–Crippen MR) is 99.6 cm³/mol. The third-order valence-corrected chi connectivity index (χ3v) is 6.81. The highest BCUT2D eigenvalue weighted by Gasteiger charge is 2.57. The van der Waals surface area contributed by atoms with Crippen LogP contribution in [0.4, 0.5) is 0 Å². The lowest BCUT2D eigenvalue weighted by molar-refractivity contribution is -0.123. The average Bonchev–Trinajstić information content (AvgIpc) is 3.24. The Bertz CT molecular complexity index is 623. The van der Waals surface area contributed by atoms with E-state index in [2.05, 4.69) is 20.5 Å². The molecule has 1 amide bonds. The molecule has 1 aliphatic carbocycles. The van der Waals surface area contributed by atoms with Gasteiger partial charge in [-0.1, -0.05) is 0 Å². The van der Waals surface area contributed by atoms with Gasteiger partial charge in [0.1, 0.15) is 5.76 Å². The van der Waals surface area contributed by atoms with Gasteiger partial charge in [0.15, 0.2) is 0 Å². The molecule has 4 rings (SSSR count). The summed E-state index contributed by atoms with van der Waals surface area (Å²) in [4.78, 5) is 19.4. The van der Waals surface area contributed by atoms with E-state index in [0.29, 0.717) is 17.2 Å². The molecular formula is C20H32N4O2. The lowest BCUT2D eigenvalue weighted by Crippen LogP contribution is -2.39. The van der Waals surface area contributed by atoms with Gasteiger partial charge >= 0.3 is 0 Å². The molecule has 1 aromatic rings. The highest BCUT2D eigenvalue weighted by Crippen LogP contribution is 2.58. The normalized spacial score (nSPS) is 26.2. The molecule has 0 radical (unpaired) electrons. The zero-order chi connectivity index (χ0) is 18.1. The van der Waals surface area contributed by atoms with Crippen LogP contribution in [-0.2, 0) is 11.3 Å². The standard InChI is InChI=1S/C20H32N4O2/c1-14-15(2)26-18(23-14)13-24-9-3-16(4-10-24)12-22-19(25)17-11-20(17)5-7-21-8-6-20/h16-17,21H,3-13H2,1-2H3,(H,22,25). The van der Waals surface area contributed by atoms with Crippen LogP contribution in [0.25, 0.3) is 0 Å². The van der Waals surface area contributed by atoms with Gasteiger partial charge < -0.3 is 15.1 Å². The van der Waals surface area contributed by atoms with Crippen molar-refractivity contribution in [2.24, 2.45) is 17.3 Å². The maximum Gasteiger partial charge on any atom is 0.223 e. The van der Waals surface area contributed by atoms with Gasteiger partial charge in [-0.05, 0) is 83.5 Å². The third kappa shape index (κ3) is 3.81. The number of nitrogens with zero attached hydrogens (tertiary/aromatic N) is 2. The molecule has 6 nitrogen and oxygen atoms in total. The second-order valence-electron chi connectivity index (χ2n) is 8.58. The van der Waals surface area contributed by atoms with Crippen molar-refractivity contribution < 1.29 is 9.21 Å². The summed E-state index contributed by atoms with van der Waals surface area (Å²) < 4.78 is 5.70. The molecule has 26 heavy (non-hydrogen) atoms. The van der Waals surface area contributed by atoms with Crippen LogP contribution in [0.15, 0.2) is 4.42 Å². The molecule has 2 aliphatic heterocycles. The van der Waals surface area contributed by atoms with Crippen molar-refractivity contribution in [3.8, 4) is 0 Å². The van der Waals surface area contributed by atoms with Crippen LogP contribution >= 0.6 is 0 Å². The molecule has 3 fully saturated rings. The Balaban J connectivity index is 1.17. The number of aryl methyl sites for hydroxylation is 2.